The van der Waals surface area contributed by atoms with E-state index in [9.17, 15) is 4.79 Å². The fraction of sp³-hybridized carbons (Fsp3) is 0.583. The molecule has 0 radical (unpaired) electrons. The third-order valence-corrected chi connectivity index (χ3v) is 3.62. The number of hydrogen-bond donors (Lipinski definition) is 0. The van der Waals surface area contributed by atoms with Crippen LogP contribution in [0.3, 0.4) is 0 Å². The van der Waals surface area contributed by atoms with Gasteiger partial charge >= 0.3 is 0 Å². The third kappa shape index (κ3) is 1.06. The summed E-state index contributed by atoms with van der Waals surface area (Å²) in [6.07, 6.45) is 11.1. The van der Waals surface area contributed by atoms with E-state index in [1.165, 1.54) is 12.0 Å². The van der Waals surface area contributed by atoms with Crippen LogP contribution >= 0.6 is 0 Å². The first-order chi connectivity index (χ1) is 6.86. The average Bonchev–Trinajstić information content (AvgIpc) is 2.60. The number of allylic oxidation sites excluding steroid dienone is 2. The van der Waals surface area contributed by atoms with E-state index >= 15 is 0 Å². The highest BCUT2D eigenvalue weighted by atomic mass is 16.2. The second-order valence-corrected chi connectivity index (χ2v) is 4.42. The van der Waals surface area contributed by atoms with E-state index in [1.807, 2.05) is 0 Å². The Morgan fingerprint density at radius 3 is 3.21 bits per heavy atom. The minimum atomic E-state index is 0.359. The van der Waals surface area contributed by atoms with Crippen LogP contribution in [0.4, 0.5) is 0 Å². The van der Waals surface area contributed by atoms with E-state index in [-0.39, 0.29) is 0 Å². The molecule has 0 N–H and O–H groups in total. The molecular formula is C12H15NO. The van der Waals surface area contributed by atoms with E-state index in [1.54, 1.807) is 0 Å². The minimum absolute atomic E-state index is 0.359. The van der Waals surface area contributed by atoms with Crippen molar-refractivity contribution in [3.63, 3.8) is 0 Å². The Kier molecular flexibility index (Phi) is 1.76. The largest absolute Gasteiger partial charge is 0.335 e. The van der Waals surface area contributed by atoms with Crippen molar-refractivity contribution in [3.05, 3.63) is 23.8 Å². The number of carbonyl (C=O) groups is 1. The lowest BCUT2D eigenvalue weighted by Gasteiger charge is -2.14. The smallest absolute Gasteiger partial charge is 0.223 e. The standard InChI is InChI=1S/C12H15NO/c14-12-7-6-11-10-5-3-1-2-4-9(10)8-13(11)12/h2,4-5,9,11H,1,3,6-8H2/t9-,11-/m0/s1. The lowest BCUT2D eigenvalue weighted by atomic mass is 9.96. The van der Waals surface area contributed by atoms with Crippen LogP contribution in [0.25, 0.3) is 0 Å². The van der Waals surface area contributed by atoms with Crippen LogP contribution in [-0.2, 0) is 4.79 Å². The summed E-state index contributed by atoms with van der Waals surface area (Å²) in [5.74, 6) is 0.893. The highest BCUT2D eigenvalue weighted by Crippen LogP contribution is 2.38. The molecule has 2 saturated heterocycles. The highest BCUT2D eigenvalue weighted by molar-refractivity contribution is 5.80. The molecule has 0 saturated carbocycles. The van der Waals surface area contributed by atoms with Gasteiger partial charge in [0.05, 0.1) is 6.04 Å². The van der Waals surface area contributed by atoms with Crippen LogP contribution in [0.1, 0.15) is 25.7 Å². The first-order valence-corrected chi connectivity index (χ1v) is 5.52. The van der Waals surface area contributed by atoms with Crippen molar-refractivity contribution in [2.24, 2.45) is 5.92 Å². The number of nitrogens with zero attached hydrogens (tertiary/aromatic N) is 1. The number of hydrogen-bond acceptors (Lipinski definition) is 1. The van der Waals surface area contributed by atoms with Crippen LogP contribution in [0.5, 0.6) is 0 Å². The van der Waals surface area contributed by atoms with E-state index in [4.69, 9.17) is 0 Å². The maximum atomic E-state index is 11.6. The number of rotatable bonds is 0. The van der Waals surface area contributed by atoms with Crippen LogP contribution < -0.4 is 0 Å². The Bertz CT molecular complexity index is 329. The quantitative estimate of drug-likeness (QED) is 0.533. The molecule has 0 spiro atoms. The summed E-state index contributed by atoms with van der Waals surface area (Å²) in [6.45, 7) is 0.936. The lowest BCUT2D eigenvalue weighted by Crippen LogP contribution is -2.27. The number of carbonyl (C=O) groups excluding carboxylic acids is 1. The maximum absolute atomic E-state index is 11.6. The summed E-state index contributed by atoms with van der Waals surface area (Å²) in [5.41, 5.74) is 1.52. The molecule has 0 bridgehead atoms. The van der Waals surface area contributed by atoms with Crippen molar-refractivity contribution in [1.82, 2.24) is 4.90 Å². The molecule has 3 rings (SSSR count). The van der Waals surface area contributed by atoms with Gasteiger partial charge < -0.3 is 4.90 Å². The minimum Gasteiger partial charge on any atom is -0.335 e. The molecule has 2 atom stereocenters. The SMILES string of the molecule is O=C1CC[C@H]2C3=CCCC=C[C@H]3CN12. The first-order valence-electron chi connectivity index (χ1n) is 5.52. The van der Waals surface area contributed by atoms with Crippen molar-refractivity contribution < 1.29 is 4.79 Å². The van der Waals surface area contributed by atoms with Crippen molar-refractivity contribution in [3.8, 4) is 0 Å². The van der Waals surface area contributed by atoms with Gasteiger partial charge in [0, 0.05) is 18.9 Å². The molecule has 2 heteroatoms. The molecule has 2 fully saturated rings. The summed E-state index contributed by atoms with van der Waals surface area (Å²) >= 11 is 0. The molecule has 74 valence electrons. The van der Waals surface area contributed by atoms with Gasteiger partial charge in [-0.3, -0.25) is 4.79 Å². The average molecular weight is 189 g/mol. The van der Waals surface area contributed by atoms with E-state index in [0.29, 0.717) is 17.9 Å². The van der Waals surface area contributed by atoms with E-state index in [2.05, 4.69) is 23.1 Å². The van der Waals surface area contributed by atoms with Gasteiger partial charge in [0.15, 0.2) is 0 Å². The summed E-state index contributed by atoms with van der Waals surface area (Å²) in [6, 6.07) is 0.454. The molecule has 14 heavy (non-hydrogen) atoms. The molecule has 2 heterocycles. The van der Waals surface area contributed by atoms with Crippen molar-refractivity contribution in [2.75, 3.05) is 6.54 Å². The molecule has 3 aliphatic rings. The lowest BCUT2D eigenvalue weighted by molar-refractivity contribution is -0.127. The van der Waals surface area contributed by atoms with Crippen molar-refractivity contribution >= 4 is 5.91 Å². The van der Waals surface area contributed by atoms with Crippen LogP contribution in [0.2, 0.25) is 0 Å². The second-order valence-electron chi connectivity index (χ2n) is 4.42. The van der Waals surface area contributed by atoms with Gasteiger partial charge in [-0.25, -0.2) is 0 Å². The summed E-state index contributed by atoms with van der Waals surface area (Å²) in [4.78, 5) is 13.6. The van der Waals surface area contributed by atoms with Gasteiger partial charge in [0.1, 0.15) is 0 Å². The Hall–Kier alpha value is -1.05. The second kappa shape index (κ2) is 2.97. The van der Waals surface area contributed by atoms with Crippen molar-refractivity contribution in [1.29, 1.82) is 0 Å². The molecule has 0 aromatic carbocycles. The van der Waals surface area contributed by atoms with Gasteiger partial charge in [-0.15, -0.1) is 0 Å². The predicted molar refractivity (Wildman–Crippen MR) is 54.7 cm³/mol. The van der Waals surface area contributed by atoms with Crippen LogP contribution in [-0.4, -0.2) is 23.4 Å². The molecular weight excluding hydrogens is 174 g/mol. The topological polar surface area (TPSA) is 20.3 Å². The summed E-state index contributed by atoms with van der Waals surface area (Å²) < 4.78 is 0. The molecule has 2 aliphatic heterocycles. The molecule has 1 aliphatic carbocycles. The maximum Gasteiger partial charge on any atom is 0.223 e. The van der Waals surface area contributed by atoms with E-state index < -0.39 is 0 Å². The van der Waals surface area contributed by atoms with Gasteiger partial charge in [-0.2, -0.15) is 0 Å². The number of fused-ring (bicyclic) bond motifs is 3. The monoisotopic (exact) mass is 189 g/mol. The molecule has 0 aromatic rings. The molecule has 0 unspecified atom stereocenters. The Morgan fingerprint density at radius 2 is 2.29 bits per heavy atom. The highest BCUT2D eigenvalue weighted by Gasteiger charge is 2.42. The fourth-order valence-corrected chi connectivity index (χ4v) is 2.94. The Morgan fingerprint density at radius 1 is 1.36 bits per heavy atom. The molecule has 1 amide bonds. The van der Waals surface area contributed by atoms with Crippen molar-refractivity contribution in [2.45, 2.75) is 31.7 Å². The van der Waals surface area contributed by atoms with Gasteiger partial charge in [-0.1, -0.05) is 18.2 Å². The fourth-order valence-electron chi connectivity index (χ4n) is 2.94. The molecule has 2 nitrogen and oxygen atoms in total. The third-order valence-electron chi connectivity index (χ3n) is 3.62. The summed E-state index contributed by atoms with van der Waals surface area (Å²) in [7, 11) is 0. The van der Waals surface area contributed by atoms with E-state index in [0.717, 1.165) is 25.8 Å². The van der Waals surface area contributed by atoms with Gasteiger partial charge in [0.25, 0.3) is 0 Å². The Labute approximate surface area is 84.3 Å². The zero-order valence-electron chi connectivity index (χ0n) is 8.28. The van der Waals surface area contributed by atoms with Crippen LogP contribution in [0, 0.1) is 5.92 Å². The normalized spacial score (nSPS) is 35.3. The predicted octanol–water partition coefficient (Wildman–Crippen LogP) is 1.88. The summed E-state index contributed by atoms with van der Waals surface area (Å²) in [5, 5.41) is 0. The van der Waals surface area contributed by atoms with Gasteiger partial charge in [-0.05, 0) is 24.8 Å². The first kappa shape index (κ1) is 8.27. The zero-order valence-corrected chi connectivity index (χ0v) is 8.28. The van der Waals surface area contributed by atoms with Crippen LogP contribution in [0.15, 0.2) is 23.8 Å². The zero-order chi connectivity index (χ0) is 9.54. The Balaban J connectivity index is 1.95. The van der Waals surface area contributed by atoms with Gasteiger partial charge in [0.2, 0.25) is 5.91 Å². The molecule has 0 aromatic heterocycles. The number of amides is 1.